The molecule has 0 aliphatic heterocycles. The average Bonchev–Trinajstić information content (AvgIpc) is 2.65. The third-order valence-electron chi connectivity index (χ3n) is 3.49. The Labute approximate surface area is 119 Å². The van der Waals surface area contributed by atoms with Crippen LogP contribution >= 0.6 is 0 Å². The minimum absolute atomic E-state index is 0.472. The molecule has 0 saturated carbocycles. The highest BCUT2D eigenvalue weighted by atomic mass is 32.2. The monoisotopic (exact) mass is 293 g/mol. The predicted molar refractivity (Wildman–Crippen MR) is 81.1 cm³/mol. The highest BCUT2D eigenvalue weighted by Gasteiger charge is 2.26. The Bertz CT molecular complexity index is 731. The van der Waals surface area contributed by atoms with E-state index in [1.165, 1.54) is 10.9 Å². The molecule has 108 valence electrons. The first-order valence-electron chi connectivity index (χ1n) is 6.30. The second-order valence-corrected chi connectivity index (χ2v) is 7.47. The molecule has 1 aromatic heterocycles. The summed E-state index contributed by atoms with van der Waals surface area (Å²) in [6, 6.07) is 7.80. The zero-order valence-electron chi connectivity index (χ0n) is 12.1. The van der Waals surface area contributed by atoms with Crippen LogP contribution in [-0.2, 0) is 16.9 Å². The lowest BCUT2D eigenvalue weighted by Gasteiger charge is -2.10. The van der Waals surface area contributed by atoms with E-state index in [1.54, 1.807) is 14.0 Å². The lowest BCUT2D eigenvalue weighted by molar-refractivity contribution is 0.589. The summed E-state index contributed by atoms with van der Waals surface area (Å²) in [5.41, 5.74) is 9.27. The maximum absolute atomic E-state index is 11.8. The van der Waals surface area contributed by atoms with Crippen LogP contribution in [0.5, 0.6) is 0 Å². The summed E-state index contributed by atoms with van der Waals surface area (Å²) in [5, 5.41) is 3.60. The Balaban J connectivity index is 2.66. The molecule has 2 rings (SSSR count). The number of nitrogens with zero attached hydrogens (tertiary/aromatic N) is 2. The molecule has 5 nitrogen and oxygen atoms in total. The van der Waals surface area contributed by atoms with Gasteiger partial charge in [0.15, 0.2) is 9.84 Å². The summed E-state index contributed by atoms with van der Waals surface area (Å²) in [6.07, 6.45) is 1.21. The van der Waals surface area contributed by atoms with E-state index in [-0.39, 0.29) is 0 Å². The third kappa shape index (κ3) is 2.56. The molecule has 0 spiro atoms. The standard InChI is InChI=1S/C14H19N3O2S/c1-9-5-7-11(8-6-9)12-13(10(2)20(4,18)19)16-17(3)14(12)15/h5-8,10H,15H2,1-4H3. The summed E-state index contributed by atoms with van der Waals surface area (Å²) < 4.78 is 25.1. The summed E-state index contributed by atoms with van der Waals surface area (Å²) in [4.78, 5) is 0. The Morgan fingerprint density at radius 3 is 2.30 bits per heavy atom. The van der Waals surface area contributed by atoms with Crippen LogP contribution in [0, 0.1) is 6.92 Å². The molecule has 2 N–H and O–H groups in total. The zero-order chi connectivity index (χ0) is 15.1. The van der Waals surface area contributed by atoms with Crippen molar-refractivity contribution in [2.45, 2.75) is 19.1 Å². The van der Waals surface area contributed by atoms with E-state index in [0.29, 0.717) is 17.1 Å². The van der Waals surface area contributed by atoms with Crippen molar-refractivity contribution in [3.05, 3.63) is 35.5 Å². The van der Waals surface area contributed by atoms with E-state index in [0.717, 1.165) is 11.1 Å². The Morgan fingerprint density at radius 1 is 1.25 bits per heavy atom. The number of nitrogens with two attached hydrogens (primary N) is 1. The van der Waals surface area contributed by atoms with Crippen LogP contribution in [-0.4, -0.2) is 24.5 Å². The highest BCUT2D eigenvalue weighted by Crippen LogP contribution is 2.35. The summed E-state index contributed by atoms with van der Waals surface area (Å²) >= 11 is 0. The normalized spacial score (nSPS) is 13.4. The van der Waals surface area contributed by atoms with Gasteiger partial charge in [0.1, 0.15) is 11.1 Å². The molecule has 1 heterocycles. The van der Waals surface area contributed by atoms with Gasteiger partial charge in [-0.2, -0.15) is 5.10 Å². The van der Waals surface area contributed by atoms with Gasteiger partial charge >= 0.3 is 0 Å². The van der Waals surface area contributed by atoms with Crippen molar-refractivity contribution in [2.24, 2.45) is 7.05 Å². The van der Waals surface area contributed by atoms with Crippen LogP contribution < -0.4 is 5.73 Å². The van der Waals surface area contributed by atoms with Gasteiger partial charge in [0.05, 0.1) is 5.69 Å². The molecule has 1 atom stereocenters. The van der Waals surface area contributed by atoms with Crippen LogP contribution in [0.3, 0.4) is 0 Å². The SMILES string of the molecule is Cc1ccc(-c2c(C(C)S(C)(=O)=O)nn(C)c2N)cc1. The van der Waals surface area contributed by atoms with Gasteiger partial charge in [-0.1, -0.05) is 29.8 Å². The number of aromatic nitrogens is 2. The molecular formula is C14H19N3O2S. The predicted octanol–water partition coefficient (Wildman–Crippen LogP) is 2.08. The van der Waals surface area contributed by atoms with Crippen LogP contribution in [0.15, 0.2) is 24.3 Å². The minimum atomic E-state index is -3.23. The van der Waals surface area contributed by atoms with Gasteiger partial charge in [-0.25, -0.2) is 8.42 Å². The van der Waals surface area contributed by atoms with Crippen molar-refractivity contribution < 1.29 is 8.42 Å². The van der Waals surface area contributed by atoms with Gasteiger partial charge < -0.3 is 5.73 Å². The quantitative estimate of drug-likeness (QED) is 0.940. The highest BCUT2D eigenvalue weighted by molar-refractivity contribution is 7.90. The summed E-state index contributed by atoms with van der Waals surface area (Å²) in [5.74, 6) is 0.472. The molecule has 6 heteroatoms. The van der Waals surface area contributed by atoms with Crippen molar-refractivity contribution in [3.8, 4) is 11.1 Å². The smallest absolute Gasteiger partial charge is 0.155 e. The van der Waals surface area contributed by atoms with Crippen LogP contribution in [0.4, 0.5) is 5.82 Å². The fourth-order valence-electron chi connectivity index (χ4n) is 2.06. The summed E-state index contributed by atoms with van der Waals surface area (Å²) in [7, 11) is -1.52. The topological polar surface area (TPSA) is 78.0 Å². The van der Waals surface area contributed by atoms with Gasteiger partial charge in [-0.05, 0) is 19.4 Å². The molecule has 0 fully saturated rings. The second-order valence-electron chi connectivity index (χ2n) is 5.11. The van der Waals surface area contributed by atoms with Crippen molar-refractivity contribution in [1.29, 1.82) is 0 Å². The van der Waals surface area contributed by atoms with Gasteiger partial charge in [-0.3, -0.25) is 4.68 Å². The Morgan fingerprint density at radius 2 is 1.80 bits per heavy atom. The Kier molecular flexibility index (Phi) is 3.60. The minimum Gasteiger partial charge on any atom is -0.383 e. The van der Waals surface area contributed by atoms with E-state index in [1.807, 2.05) is 31.2 Å². The molecule has 1 unspecified atom stereocenters. The first kappa shape index (κ1) is 14.6. The number of sulfone groups is 1. The fourth-order valence-corrected chi connectivity index (χ4v) is 2.63. The van der Waals surface area contributed by atoms with Gasteiger partial charge in [-0.15, -0.1) is 0 Å². The zero-order valence-corrected chi connectivity index (χ0v) is 12.9. The molecule has 20 heavy (non-hydrogen) atoms. The number of rotatable bonds is 3. The third-order valence-corrected chi connectivity index (χ3v) is 4.99. The first-order chi connectivity index (χ1) is 9.21. The first-order valence-corrected chi connectivity index (χ1v) is 8.25. The number of anilines is 1. The van der Waals surface area contributed by atoms with Crippen LogP contribution in [0.25, 0.3) is 11.1 Å². The number of hydrogen-bond acceptors (Lipinski definition) is 4. The van der Waals surface area contributed by atoms with Gasteiger partial charge in [0.25, 0.3) is 0 Å². The van der Waals surface area contributed by atoms with Gasteiger partial charge in [0.2, 0.25) is 0 Å². The Hall–Kier alpha value is -1.82. The molecule has 1 aromatic carbocycles. The summed E-state index contributed by atoms with van der Waals surface area (Å²) in [6.45, 7) is 3.63. The molecule has 0 aliphatic rings. The van der Waals surface area contributed by atoms with Crippen LogP contribution in [0.2, 0.25) is 0 Å². The van der Waals surface area contributed by atoms with E-state index >= 15 is 0 Å². The van der Waals surface area contributed by atoms with Gasteiger partial charge in [0, 0.05) is 18.9 Å². The van der Waals surface area contributed by atoms with Crippen LogP contribution in [0.1, 0.15) is 23.4 Å². The molecule has 0 aliphatic carbocycles. The van der Waals surface area contributed by atoms with Crippen molar-refractivity contribution in [1.82, 2.24) is 9.78 Å². The lowest BCUT2D eigenvalue weighted by atomic mass is 10.0. The average molecular weight is 293 g/mol. The maximum atomic E-state index is 11.8. The molecule has 2 aromatic rings. The molecule has 0 radical (unpaired) electrons. The fraction of sp³-hybridized carbons (Fsp3) is 0.357. The molecule has 0 amide bonds. The molecular weight excluding hydrogens is 274 g/mol. The van der Waals surface area contributed by atoms with E-state index < -0.39 is 15.1 Å². The number of benzene rings is 1. The largest absolute Gasteiger partial charge is 0.383 e. The van der Waals surface area contributed by atoms with Crippen molar-refractivity contribution >= 4 is 15.7 Å². The molecule has 0 saturated heterocycles. The van der Waals surface area contributed by atoms with Crippen molar-refractivity contribution in [3.63, 3.8) is 0 Å². The molecule has 0 bridgehead atoms. The van der Waals surface area contributed by atoms with E-state index in [4.69, 9.17) is 5.73 Å². The van der Waals surface area contributed by atoms with E-state index in [9.17, 15) is 8.42 Å². The van der Waals surface area contributed by atoms with E-state index in [2.05, 4.69) is 5.10 Å². The number of hydrogen-bond donors (Lipinski definition) is 1. The number of aryl methyl sites for hydroxylation is 2. The number of nitrogen functional groups attached to an aromatic ring is 1. The maximum Gasteiger partial charge on any atom is 0.155 e. The second kappa shape index (κ2) is 4.94. The van der Waals surface area contributed by atoms with Crippen molar-refractivity contribution in [2.75, 3.05) is 12.0 Å². The lowest BCUT2D eigenvalue weighted by Crippen LogP contribution is -2.09.